The summed E-state index contributed by atoms with van der Waals surface area (Å²) in [4.78, 5) is 0. The summed E-state index contributed by atoms with van der Waals surface area (Å²) in [7, 11) is 0. The molecule has 1 aliphatic carbocycles. The molecule has 1 atom stereocenters. The van der Waals surface area contributed by atoms with Crippen molar-refractivity contribution in [1.29, 1.82) is 0 Å². The predicted molar refractivity (Wildman–Crippen MR) is 61.3 cm³/mol. The standard InChI is InChI=1S/C13H23N/c1-11(13-7-8-14-10-13)9-12-5-3-2-4-6-12/h9,12-14H,2-8,10H2,1H3/b11-9-. The van der Waals surface area contributed by atoms with Crippen LogP contribution in [0.2, 0.25) is 0 Å². The van der Waals surface area contributed by atoms with Gasteiger partial charge in [0.15, 0.2) is 0 Å². The van der Waals surface area contributed by atoms with Crippen LogP contribution in [-0.4, -0.2) is 13.1 Å². The van der Waals surface area contributed by atoms with Gasteiger partial charge < -0.3 is 5.32 Å². The predicted octanol–water partition coefficient (Wildman–Crippen LogP) is 3.12. The lowest BCUT2D eigenvalue weighted by Gasteiger charge is -2.20. The second-order valence-corrected chi connectivity index (χ2v) is 5.00. The highest BCUT2D eigenvalue weighted by molar-refractivity contribution is 5.08. The Balaban J connectivity index is 1.87. The molecule has 1 heterocycles. The van der Waals surface area contributed by atoms with Gasteiger partial charge in [-0.1, -0.05) is 30.9 Å². The van der Waals surface area contributed by atoms with Crippen molar-refractivity contribution in [1.82, 2.24) is 5.32 Å². The third kappa shape index (κ3) is 2.60. The molecule has 1 saturated heterocycles. The van der Waals surface area contributed by atoms with Gasteiger partial charge in [-0.05, 0) is 44.6 Å². The zero-order valence-electron chi connectivity index (χ0n) is 9.39. The van der Waals surface area contributed by atoms with Crippen molar-refractivity contribution in [2.24, 2.45) is 11.8 Å². The summed E-state index contributed by atoms with van der Waals surface area (Å²) in [6.07, 6.45) is 11.2. The molecule has 0 aromatic rings. The van der Waals surface area contributed by atoms with E-state index in [-0.39, 0.29) is 0 Å². The normalized spacial score (nSPS) is 30.9. The van der Waals surface area contributed by atoms with Gasteiger partial charge >= 0.3 is 0 Å². The average Bonchev–Trinajstić information content (AvgIpc) is 2.72. The van der Waals surface area contributed by atoms with Crippen LogP contribution in [0.4, 0.5) is 0 Å². The molecular formula is C13H23N. The maximum Gasteiger partial charge on any atom is 0.00172 e. The Bertz CT molecular complexity index is 195. The van der Waals surface area contributed by atoms with Gasteiger partial charge in [-0.25, -0.2) is 0 Å². The lowest BCUT2D eigenvalue weighted by atomic mass is 9.86. The van der Waals surface area contributed by atoms with Crippen molar-refractivity contribution in [3.8, 4) is 0 Å². The number of hydrogen-bond acceptors (Lipinski definition) is 1. The number of hydrogen-bond donors (Lipinski definition) is 1. The third-order valence-corrected chi connectivity index (χ3v) is 3.85. The molecule has 1 nitrogen and oxygen atoms in total. The molecule has 0 amide bonds. The molecule has 2 aliphatic rings. The van der Waals surface area contributed by atoms with Crippen LogP contribution in [0, 0.1) is 11.8 Å². The first-order valence-electron chi connectivity index (χ1n) is 6.25. The van der Waals surface area contributed by atoms with Crippen LogP contribution in [0.3, 0.4) is 0 Å². The first-order chi connectivity index (χ1) is 6.86. The van der Waals surface area contributed by atoms with Gasteiger partial charge in [-0.2, -0.15) is 0 Å². The molecule has 1 aliphatic heterocycles. The highest BCUT2D eigenvalue weighted by Crippen LogP contribution is 2.28. The summed E-state index contributed by atoms with van der Waals surface area (Å²) >= 11 is 0. The molecule has 2 rings (SSSR count). The summed E-state index contributed by atoms with van der Waals surface area (Å²) in [6, 6.07) is 0. The van der Waals surface area contributed by atoms with E-state index in [4.69, 9.17) is 0 Å². The van der Waals surface area contributed by atoms with E-state index in [0.717, 1.165) is 11.8 Å². The van der Waals surface area contributed by atoms with Gasteiger partial charge in [0.2, 0.25) is 0 Å². The van der Waals surface area contributed by atoms with E-state index in [1.165, 1.54) is 51.6 Å². The zero-order chi connectivity index (χ0) is 9.80. The van der Waals surface area contributed by atoms with Crippen LogP contribution in [-0.2, 0) is 0 Å². The van der Waals surface area contributed by atoms with Crippen molar-refractivity contribution >= 4 is 0 Å². The Hall–Kier alpha value is -0.300. The van der Waals surface area contributed by atoms with Crippen LogP contribution >= 0.6 is 0 Å². The van der Waals surface area contributed by atoms with Crippen LogP contribution < -0.4 is 5.32 Å². The van der Waals surface area contributed by atoms with Crippen molar-refractivity contribution in [2.75, 3.05) is 13.1 Å². The van der Waals surface area contributed by atoms with Crippen molar-refractivity contribution < 1.29 is 0 Å². The van der Waals surface area contributed by atoms with Gasteiger partial charge in [-0.3, -0.25) is 0 Å². The van der Waals surface area contributed by atoms with Gasteiger partial charge in [0.05, 0.1) is 0 Å². The third-order valence-electron chi connectivity index (χ3n) is 3.85. The molecule has 0 aromatic heterocycles. The van der Waals surface area contributed by atoms with Gasteiger partial charge in [0.25, 0.3) is 0 Å². The lowest BCUT2D eigenvalue weighted by Crippen LogP contribution is -2.11. The highest BCUT2D eigenvalue weighted by Gasteiger charge is 2.18. The van der Waals surface area contributed by atoms with E-state index in [1.807, 2.05) is 0 Å². The molecule has 2 fully saturated rings. The number of rotatable bonds is 2. The summed E-state index contributed by atoms with van der Waals surface area (Å²) < 4.78 is 0. The largest absolute Gasteiger partial charge is 0.316 e. The summed E-state index contributed by atoms with van der Waals surface area (Å²) in [6.45, 7) is 4.78. The minimum atomic E-state index is 0.844. The average molecular weight is 193 g/mol. The fraction of sp³-hybridized carbons (Fsp3) is 0.846. The van der Waals surface area contributed by atoms with E-state index in [9.17, 15) is 0 Å². The molecule has 0 spiro atoms. The van der Waals surface area contributed by atoms with E-state index in [2.05, 4.69) is 18.3 Å². The fourth-order valence-electron chi connectivity index (χ4n) is 2.85. The monoisotopic (exact) mass is 193 g/mol. The second kappa shape index (κ2) is 4.97. The maximum atomic E-state index is 3.45. The van der Waals surface area contributed by atoms with Gasteiger partial charge in [-0.15, -0.1) is 0 Å². The van der Waals surface area contributed by atoms with E-state index >= 15 is 0 Å². The van der Waals surface area contributed by atoms with Crippen LogP contribution in [0.1, 0.15) is 45.4 Å². The van der Waals surface area contributed by atoms with Gasteiger partial charge in [0, 0.05) is 6.54 Å². The minimum absolute atomic E-state index is 0.844. The molecule has 0 bridgehead atoms. The Labute approximate surface area is 88.0 Å². The molecule has 0 aromatic carbocycles. The molecule has 14 heavy (non-hydrogen) atoms. The maximum absolute atomic E-state index is 3.45. The number of nitrogens with one attached hydrogen (secondary N) is 1. The molecular weight excluding hydrogens is 170 g/mol. The zero-order valence-corrected chi connectivity index (χ0v) is 9.39. The van der Waals surface area contributed by atoms with Crippen LogP contribution in [0.15, 0.2) is 11.6 Å². The molecule has 0 radical (unpaired) electrons. The SMILES string of the molecule is C/C(=C/C1CCCCC1)C1CCNC1. The molecule has 1 heteroatoms. The van der Waals surface area contributed by atoms with E-state index in [1.54, 1.807) is 5.57 Å². The first-order valence-corrected chi connectivity index (χ1v) is 6.25. The Morgan fingerprint density at radius 3 is 2.57 bits per heavy atom. The Kier molecular flexibility index (Phi) is 3.63. The second-order valence-electron chi connectivity index (χ2n) is 5.00. The molecule has 1 saturated carbocycles. The lowest BCUT2D eigenvalue weighted by molar-refractivity contribution is 0.415. The molecule has 80 valence electrons. The highest BCUT2D eigenvalue weighted by atomic mass is 14.9. The summed E-state index contributed by atoms with van der Waals surface area (Å²) in [5, 5.41) is 3.45. The van der Waals surface area contributed by atoms with E-state index < -0.39 is 0 Å². The first kappa shape index (κ1) is 10.2. The molecule has 1 unspecified atom stereocenters. The van der Waals surface area contributed by atoms with Crippen LogP contribution in [0.25, 0.3) is 0 Å². The smallest absolute Gasteiger partial charge is 0.00172 e. The van der Waals surface area contributed by atoms with Crippen LogP contribution in [0.5, 0.6) is 0 Å². The topological polar surface area (TPSA) is 12.0 Å². The van der Waals surface area contributed by atoms with Crippen molar-refractivity contribution in [3.05, 3.63) is 11.6 Å². The number of allylic oxidation sites excluding steroid dienone is 1. The molecule has 1 N–H and O–H groups in total. The van der Waals surface area contributed by atoms with Crippen molar-refractivity contribution in [2.45, 2.75) is 45.4 Å². The van der Waals surface area contributed by atoms with Gasteiger partial charge in [0.1, 0.15) is 0 Å². The van der Waals surface area contributed by atoms with E-state index in [0.29, 0.717) is 0 Å². The minimum Gasteiger partial charge on any atom is -0.316 e. The summed E-state index contributed by atoms with van der Waals surface area (Å²) in [5.74, 6) is 1.75. The fourth-order valence-corrected chi connectivity index (χ4v) is 2.85. The Morgan fingerprint density at radius 2 is 1.93 bits per heavy atom. The Morgan fingerprint density at radius 1 is 1.14 bits per heavy atom. The van der Waals surface area contributed by atoms with Crippen molar-refractivity contribution in [3.63, 3.8) is 0 Å². The quantitative estimate of drug-likeness (QED) is 0.664. The summed E-state index contributed by atoms with van der Waals surface area (Å²) in [5.41, 5.74) is 1.65.